The van der Waals surface area contributed by atoms with Gasteiger partial charge >= 0.3 is 0 Å². The normalized spacial score (nSPS) is 14.1. The largest absolute Gasteiger partial charge is 0.457 e. The van der Waals surface area contributed by atoms with Crippen LogP contribution >= 0.6 is 0 Å². The van der Waals surface area contributed by atoms with Crippen molar-refractivity contribution in [2.24, 2.45) is 0 Å². The van der Waals surface area contributed by atoms with Gasteiger partial charge in [-0.3, -0.25) is 0 Å². The van der Waals surface area contributed by atoms with E-state index in [-0.39, 0.29) is 0 Å². The fourth-order valence-electron chi connectivity index (χ4n) is 4.94. The summed E-state index contributed by atoms with van der Waals surface area (Å²) in [5.41, 5.74) is 7.24. The van der Waals surface area contributed by atoms with Gasteiger partial charge < -0.3 is 14.5 Å². The van der Waals surface area contributed by atoms with Crippen LogP contribution in [0, 0.1) is 0 Å². The minimum absolute atomic E-state index is 0.647. The summed E-state index contributed by atoms with van der Waals surface area (Å²) in [5.74, 6) is 1.62. The Hall–Kier alpha value is -4.00. The third kappa shape index (κ3) is 2.30. The van der Waals surface area contributed by atoms with Gasteiger partial charge in [0, 0.05) is 86.3 Å². The minimum Gasteiger partial charge on any atom is -0.457 e. The molecule has 2 aromatic carbocycles. The van der Waals surface area contributed by atoms with Gasteiger partial charge in [-0.25, -0.2) is 19.9 Å². The Labute approximate surface area is 186 Å². The predicted molar refractivity (Wildman–Crippen MR) is 124 cm³/mol. The molecular formula is C25H22N6O. The molecule has 0 unspecified atom stereocenters. The number of anilines is 2. The summed E-state index contributed by atoms with van der Waals surface area (Å²) in [7, 11) is 8.11. The summed E-state index contributed by atoms with van der Waals surface area (Å²) >= 11 is 0. The molecule has 158 valence electrons. The molecule has 6 rings (SSSR count). The fourth-order valence-corrected chi connectivity index (χ4v) is 4.94. The molecule has 7 heteroatoms. The number of ether oxygens (including phenoxy) is 1. The van der Waals surface area contributed by atoms with Crippen molar-refractivity contribution in [2.45, 2.75) is 5.41 Å². The van der Waals surface area contributed by atoms with E-state index >= 15 is 0 Å². The van der Waals surface area contributed by atoms with Crippen LogP contribution in [0.3, 0.4) is 0 Å². The zero-order chi connectivity index (χ0) is 22.0. The Balaban J connectivity index is 1.76. The van der Waals surface area contributed by atoms with Crippen molar-refractivity contribution in [3.05, 3.63) is 83.7 Å². The topological polar surface area (TPSA) is 67.3 Å². The molecule has 1 aliphatic heterocycles. The third-order valence-electron chi connectivity index (χ3n) is 6.45. The Morgan fingerprint density at radius 2 is 1.12 bits per heavy atom. The highest BCUT2D eigenvalue weighted by molar-refractivity contribution is 5.85. The average Bonchev–Trinajstić information content (AvgIpc) is 3.10. The molecule has 2 aliphatic rings. The van der Waals surface area contributed by atoms with Crippen LogP contribution in [0.25, 0.3) is 11.4 Å². The number of rotatable bonds is 2. The summed E-state index contributed by atoms with van der Waals surface area (Å²) in [4.78, 5) is 22.2. The van der Waals surface area contributed by atoms with E-state index in [1.54, 1.807) is 12.7 Å². The van der Waals surface area contributed by atoms with Crippen LogP contribution in [0.15, 0.2) is 61.4 Å². The number of benzene rings is 2. The summed E-state index contributed by atoms with van der Waals surface area (Å²) in [6, 6.07) is 12.7. The molecule has 7 nitrogen and oxygen atoms in total. The second-order valence-corrected chi connectivity index (χ2v) is 8.57. The average molecular weight is 422 g/mol. The van der Waals surface area contributed by atoms with Gasteiger partial charge in [0.2, 0.25) is 0 Å². The van der Waals surface area contributed by atoms with E-state index in [0.717, 1.165) is 56.5 Å². The SMILES string of the molecule is CN(C)c1ccc2c(c1)Oc1cc(N(C)C)ccc1C21c2cncnc2-c2ncncc21. The van der Waals surface area contributed by atoms with Crippen molar-refractivity contribution in [3.63, 3.8) is 0 Å². The van der Waals surface area contributed by atoms with Gasteiger partial charge in [0.1, 0.15) is 24.2 Å². The van der Waals surface area contributed by atoms with Crippen molar-refractivity contribution in [2.75, 3.05) is 38.0 Å². The predicted octanol–water partition coefficient (Wildman–Crippen LogP) is 3.87. The van der Waals surface area contributed by atoms with Gasteiger partial charge in [-0.1, -0.05) is 12.1 Å². The maximum absolute atomic E-state index is 6.54. The van der Waals surface area contributed by atoms with Crippen molar-refractivity contribution in [1.29, 1.82) is 0 Å². The Kier molecular flexibility index (Phi) is 3.81. The van der Waals surface area contributed by atoms with E-state index in [1.165, 1.54) is 0 Å². The molecule has 0 amide bonds. The zero-order valence-electron chi connectivity index (χ0n) is 18.4. The molecule has 0 N–H and O–H groups in total. The van der Waals surface area contributed by atoms with Gasteiger partial charge in [-0.15, -0.1) is 0 Å². The fraction of sp³-hybridized carbons (Fsp3) is 0.200. The molecule has 0 saturated carbocycles. The molecular weight excluding hydrogens is 400 g/mol. The number of hydrogen-bond acceptors (Lipinski definition) is 7. The summed E-state index contributed by atoms with van der Waals surface area (Å²) in [6.45, 7) is 0. The number of hydrogen-bond donors (Lipinski definition) is 0. The highest BCUT2D eigenvalue weighted by Gasteiger charge is 2.53. The smallest absolute Gasteiger partial charge is 0.134 e. The van der Waals surface area contributed by atoms with Gasteiger partial charge in [0.15, 0.2) is 0 Å². The van der Waals surface area contributed by atoms with Crippen molar-refractivity contribution in [1.82, 2.24) is 19.9 Å². The monoisotopic (exact) mass is 422 g/mol. The van der Waals surface area contributed by atoms with Crippen molar-refractivity contribution >= 4 is 11.4 Å². The lowest BCUT2D eigenvalue weighted by molar-refractivity contribution is 0.436. The van der Waals surface area contributed by atoms with E-state index in [9.17, 15) is 0 Å². The first-order valence-corrected chi connectivity index (χ1v) is 10.4. The molecule has 0 saturated heterocycles. The Morgan fingerprint density at radius 3 is 1.56 bits per heavy atom. The Bertz CT molecular complexity index is 1280. The third-order valence-corrected chi connectivity index (χ3v) is 6.45. The number of nitrogens with zero attached hydrogens (tertiary/aromatic N) is 6. The molecule has 1 spiro atoms. The maximum atomic E-state index is 6.54. The van der Waals surface area contributed by atoms with E-state index in [1.807, 2.05) is 40.6 Å². The van der Waals surface area contributed by atoms with E-state index in [4.69, 9.17) is 4.74 Å². The molecule has 4 aromatic rings. The lowest BCUT2D eigenvalue weighted by Gasteiger charge is -2.39. The molecule has 3 heterocycles. The van der Waals surface area contributed by atoms with E-state index in [0.29, 0.717) is 0 Å². The van der Waals surface area contributed by atoms with Gasteiger partial charge in [-0.2, -0.15) is 0 Å². The number of aromatic nitrogens is 4. The van der Waals surface area contributed by atoms with Gasteiger partial charge in [-0.05, 0) is 12.1 Å². The second-order valence-electron chi connectivity index (χ2n) is 8.57. The summed E-state index contributed by atoms with van der Waals surface area (Å²) in [6.07, 6.45) is 6.97. The van der Waals surface area contributed by atoms with E-state index < -0.39 is 5.41 Å². The molecule has 0 bridgehead atoms. The first-order chi connectivity index (χ1) is 15.5. The molecule has 0 atom stereocenters. The van der Waals surface area contributed by atoms with Crippen molar-refractivity contribution in [3.8, 4) is 22.9 Å². The minimum atomic E-state index is -0.647. The highest BCUT2D eigenvalue weighted by atomic mass is 16.5. The number of fused-ring (bicyclic) bond motifs is 9. The second kappa shape index (κ2) is 6.50. The first-order valence-electron chi connectivity index (χ1n) is 10.4. The lowest BCUT2D eigenvalue weighted by Crippen LogP contribution is -2.33. The summed E-state index contributed by atoms with van der Waals surface area (Å²) < 4.78 is 6.54. The molecule has 2 aromatic heterocycles. The van der Waals surface area contributed by atoms with Gasteiger partial charge in [0.25, 0.3) is 0 Å². The standard InChI is InChI=1S/C25H22N6O/c1-30(2)15-5-7-17-21(9-15)32-22-10-16(31(3)4)6-8-18(22)25(17)19-11-26-13-28-23(19)24-20(25)12-27-14-29-24/h5-14H,1-4H3. The quantitative estimate of drug-likeness (QED) is 0.420. The molecule has 0 fully saturated rings. The molecule has 0 radical (unpaired) electrons. The van der Waals surface area contributed by atoms with Crippen LogP contribution in [0.2, 0.25) is 0 Å². The molecule has 32 heavy (non-hydrogen) atoms. The first kappa shape index (κ1) is 18.7. The van der Waals surface area contributed by atoms with Gasteiger partial charge in [0.05, 0.1) is 16.8 Å². The Morgan fingerprint density at radius 1 is 0.656 bits per heavy atom. The molecule has 1 aliphatic carbocycles. The van der Waals surface area contributed by atoms with Crippen LogP contribution in [-0.2, 0) is 5.41 Å². The van der Waals surface area contributed by atoms with Crippen molar-refractivity contribution < 1.29 is 4.74 Å². The van der Waals surface area contributed by atoms with Crippen LogP contribution in [0.1, 0.15) is 22.3 Å². The van der Waals surface area contributed by atoms with Crippen LogP contribution in [0.4, 0.5) is 11.4 Å². The van der Waals surface area contributed by atoms with E-state index in [2.05, 4.69) is 66.1 Å². The van der Waals surface area contributed by atoms with Crippen LogP contribution < -0.4 is 14.5 Å². The van der Waals surface area contributed by atoms with Crippen LogP contribution in [0.5, 0.6) is 11.5 Å². The lowest BCUT2D eigenvalue weighted by atomic mass is 9.67. The zero-order valence-corrected chi connectivity index (χ0v) is 18.4. The van der Waals surface area contributed by atoms with Crippen LogP contribution in [-0.4, -0.2) is 48.1 Å². The maximum Gasteiger partial charge on any atom is 0.134 e. The summed E-state index contributed by atoms with van der Waals surface area (Å²) in [5, 5.41) is 0. The highest BCUT2D eigenvalue weighted by Crippen LogP contribution is 2.61.